The summed E-state index contributed by atoms with van der Waals surface area (Å²) in [5.74, 6) is -1.29. The van der Waals surface area contributed by atoms with E-state index >= 15 is 0 Å². The molecule has 0 aromatic carbocycles. The van der Waals surface area contributed by atoms with E-state index in [9.17, 15) is 14.4 Å². The SMILES string of the molecule is CCCCCCCC(=O)N[C@H](CCCC(O)O)C(=O)N[C@@H](C)C(=O)OC. The Morgan fingerprint density at radius 2 is 1.62 bits per heavy atom. The van der Waals surface area contributed by atoms with Crippen LogP contribution in [0.15, 0.2) is 0 Å². The Balaban J connectivity index is 4.54. The molecule has 152 valence electrons. The summed E-state index contributed by atoms with van der Waals surface area (Å²) < 4.78 is 4.56. The van der Waals surface area contributed by atoms with E-state index in [0.29, 0.717) is 12.8 Å². The molecule has 0 heterocycles. The van der Waals surface area contributed by atoms with Crippen molar-refractivity contribution in [3.8, 4) is 0 Å². The molecule has 0 bridgehead atoms. The minimum Gasteiger partial charge on any atom is -0.467 e. The molecule has 0 aromatic rings. The molecule has 4 N–H and O–H groups in total. The fraction of sp³-hybridized carbons (Fsp3) is 0.833. The topological polar surface area (TPSA) is 125 Å². The van der Waals surface area contributed by atoms with E-state index in [2.05, 4.69) is 22.3 Å². The number of hydrogen-bond donors (Lipinski definition) is 4. The number of unbranched alkanes of at least 4 members (excludes halogenated alkanes) is 4. The lowest BCUT2D eigenvalue weighted by molar-refractivity contribution is -0.144. The highest BCUT2D eigenvalue weighted by Crippen LogP contribution is 2.07. The molecule has 8 heteroatoms. The van der Waals surface area contributed by atoms with E-state index in [1.165, 1.54) is 14.0 Å². The van der Waals surface area contributed by atoms with Gasteiger partial charge in [-0.1, -0.05) is 32.6 Å². The van der Waals surface area contributed by atoms with Gasteiger partial charge in [0.1, 0.15) is 12.1 Å². The Bertz CT molecular complexity index is 428. The molecule has 0 saturated heterocycles. The van der Waals surface area contributed by atoms with Crippen LogP contribution in [0.1, 0.15) is 71.6 Å². The standard InChI is InChI=1S/C18H34N2O6/c1-4-5-6-7-8-11-15(21)20-14(10-9-12-16(22)23)17(24)19-13(2)18(25)26-3/h13-14,16,22-23H,4-12H2,1-3H3,(H,19,24)(H,20,21)/t13-,14+/m0/s1. The molecule has 2 atom stereocenters. The zero-order chi connectivity index (χ0) is 19.9. The molecule has 0 spiro atoms. The summed E-state index contributed by atoms with van der Waals surface area (Å²) >= 11 is 0. The van der Waals surface area contributed by atoms with Crippen molar-refractivity contribution in [2.75, 3.05) is 7.11 Å². The number of carbonyl (C=O) groups excluding carboxylic acids is 3. The second-order valence-corrected chi connectivity index (χ2v) is 6.45. The van der Waals surface area contributed by atoms with Crippen molar-refractivity contribution in [3.63, 3.8) is 0 Å². The molecule has 0 unspecified atom stereocenters. The molecule has 0 aliphatic rings. The van der Waals surface area contributed by atoms with Crippen molar-refractivity contribution in [1.29, 1.82) is 0 Å². The van der Waals surface area contributed by atoms with Crippen molar-refractivity contribution in [1.82, 2.24) is 10.6 Å². The average molecular weight is 374 g/mol. The van der Waals surface area contributed by atoms with E-state index < -0.39 is 30.3 Å². The molecule has 0 fully saturated rings. The van der Waals surface area contributed by atoms with Gasteiger partial charge in [0.15, 0.2) is 6.29 Å². The van der Waals surface area contributed by atoms with Gasteiger partial charge in [0, 0.05) is 6.42 Å². The summed E-state index contributed by atoms with van der Waals surface area (Å²) in [6.45, 7) is 3.61. The molecular formula is C18H34N2O6. The number of ether oxygens (including phenoxy) is 1. The lowest BCUT2D eigenvalue weighted by Crippen LogP contribution is -2.51. The molecule has 0 aromatic heterocycles. The predicted molar refractivity (Wildman–Crippen MR) is 97.0 cm³/mol. The van der Waals surface area contributed by atoms with Crippen LogP contribution < -0.4 is 10.6 Å². The number of methoxy groups -OCH3 is 1. The number of aliphatic hydroxyl groups is 2. The van der Waals surface area contributed by atoms with Gasteiger partial charge >= 0.3 is 5.97 Å². The Kier molecular flexibility index (Phi) is 13.6. The first-order valence-corrected chi connectivity index (χ1v) is 9.35. The Hall–Kier alpha value is -1.67. The van der Waals surface area contributed by atoms with Crippen molar-refractivity contribution in [2.24, 2.45) is 0 Å². The highest BCUT2D eigenvalue weighted by molar-refractivity contribution is 5.90. The van der Waals surface area contributed by atoms with Gasteiger partial charge in [0.05, 0.1) is 7.11 Å². The maximum absolute atomic E-state index is 12.3. The Morgan fingerprint density at radius 1 is 0.962 bits per heavy atom. The minimum atomic E-state index is -1.46. The van der Waals surface area contributed by atoms with Crippen LogP contribution in [0.5, 0.6) is 0 Å². The van der Waals surface area contributed by atoms with Crippen molar-refractivity contribution < 1.29 is 29.3 Å². The summed E-state index contributed by atoms with van der Waals surface area (Å²) in [6, 6.07) is -1.66. The molecule has 0 saturated carbocycles. The Morgan fingerprint density at radius 3 is 2.19 bits per heavy atom. The third kappa shape index (κ3) is 11.8. The van der Waals surface area contributed by atoms with E-state index in [1.54, 1.807) is 0 Å². The highest BCUT2D eigenvalue weighted by Gasteiger charge is 2.24. The van der Waals surface area contributed by atoms with Gasteiger partial charge in [-0.25, -0.2) is 4.79 Å². The zero-order valence-corrected chi connectivity index (χ0v) is 16.1. The fourth-order valence-electron chi connectivity index (χ4n) is 2.48. The maximum Gasteiger partial charge on any atom is 0.328 e. The molecule has 26 heavy (non-hydrogen) atoms. The van der Waals surface area contributed by atoms with E-state index in [1.807, 2.05) is 0 Å². The van der Waals surface area contributed by atoms with E-state index in [4.69, 9.17) is 10.2 Å². The number of nitrogens with one attached hydrogen (secondary N) is 2. The molecule has 0 rings (SSSR count). The lowest BCUT2D eigenvalue weighted by atomic mass is 10.1. The van der Waals surface area contributed by atoms with Gasteiger partial charge in [0.2, 0.25) is 11.8 Å². The van der Waals surface area contributed by atoms with E-state index in [0.717, 1.165) is 32.1 Å². The van der Waals surface area contributed by atoms with Gasteiger partial charge in [-0.15, -0.1) is 0 Å². The van der Waals surface area contributed by atoms with E-state index in [-0.39, 0.29) is 18.7 Å². The number of hydrogen-bond acceptors (Lipinski definition) is 6. The molecule has 0 radical (unpaired) electrons. The molecular weight excluding hydrogens is 340 g/mol. The van der Waals surface area contributed by atoms with Gasteiger partial charge in [0.25, 0.3) is 0 Å². The first kappa shape index (κ1) is 24.3. The molecule has 8 nitrogen and oxygen atoms in total. The number of aliphatic hydroxyl groups excluding tert-OH is 1. The van der Waals surface area contributed by atoms with Crippen molar-refractivity contribution >= 4 is 17.8 Å². The van der Waals surface area contributed by atoms with Crippen LogP contribution in [-0.4, -0.2) is 53.5 Å². The quantitative estimate of drug-likeness (QED) is 0.204. The summed E-state index contributed by atoms with van der Waals surface area (Å²) in [5.41, 5.74) is 0. The lowest BCUT2D eigenvalue weighted by Gasteiger charge is -2.20. The fourth-order valence-corrected chi connectivity index (χ4v) is 2.48. The number of esters is 1. The normalized spacial score (nSPS) is 13.2. The first-order chi connectivity index (χ1) is 12.3. The largest absolute Gasteiger partial charge is 0.467 e. The summed E-state index contributed by atoms with van der Waals surface area (Å²) in [4.78, 5) is 35.9. The zero-order valence-electron chi connectivity index (χ0n) is 16.1. The third-order valence-electron chi connectivity index (χ3n) is 4.03. The van der Waals surface area contributed by atoms with Gasteiger partial charge in [-0.3, -0.25) is 9.59 Å². The maximum atomic E-state index is 12.3. The summed E-state index contributed by atoms with van der Waals surface area (Å²) in [7, 11) is 1.23. The molecule has 2 amide bonds. The van der Waals surface area contributed by atoms with Crippen LogP contribution in [0.4, 0.5) is 0 Å². The molecule has 0 aliphatic carbocycles. The van der Waals surface area contributed by atoms with Gasteiger partial charge in [-0.05, 0) is 32.6 Å². The van der Waals surface area contributed by atoms with Crippen molar-refractivity contribution in [2.45, 2.75) is 90.0 Å². The molecule has 0 aliphatic heterocycles. The monoisotopic (exact) mass is 374 g/mol. The van der Waals surface area contributed by atoms with Crippen molar-refractivity contribution in [3.05, 3.63) is 0 Å². The summed E-state index contributed by atoms with van der Waals surface area (Å²) in [5, 5.41) is 23.0. The van der Waals surface area contributed by atoms with Crippen LogP contribution in [0.25, 0.3) is 0 Å². The van der Waals surface area contributed by atoms with Crippen LogP contribution in [0.3, 0.4) is 0 Å². The Labute approximate surface area is 155 Å². The second kappa shape index (κ2) is 14.5. The second-order valence-electron chi connectivity index (χ2n) is 6.45. The van der Waals surface area contributed by atoms with Gasteiger partial charge in [-0.2, -0.15) is 0 Å². The van der Waals surface area contributed by atoms with Crippen LogP contribution >= 0.6 is 0 Å². The van der Waals surface area contributed by atoms with Crippen LogP contribution in [0.2, 0.25) is 0 Å². The van der Waals surface area contributed by atoms with Crippen LogP contribution in [-0.2, 0) is 19.1 Å². The number of carbonyl (C=O) groups is 3. The smallest absolute Gasteiger partial charge is 0.328 e. The van der Waals surface area contributed by atoms with Gasteiger partial charge < -0.3 is 25.6 Å². The number of rotatable bonds is 14. The summed E-state index contributed by atoms with van der Waals surface area (Å²) in [6.07, 6.45) is 4.65. The van der Waals surface area contributed by atoms with Crippen LogP contribution in [0, 0.1) is 0 Å². The average Bonchev–Trinajstić information content (AvgIpc) is 2.59. The number of amides is 2. The predicted octanol–water partition coefficient (Wildman–Crippen LogP) is 0.990. The highest BCUT2D eigenvalue weighted by atomic mass is 16.5. The third-order valence-corrected chi connectivity index (χ3v) is 4.03. The first-order valence-electron chi connectivity index (χ1n) is 9.35. The minimum absolute atomic E-state index is 0.100.